The largest absolute Gasteiger partial charge is 0.486 e. The average Bonchev–Trinajstić information content (AvgIpc) is 2.84. The lowest BCUT2D eigenvalue weighted by molar-refractivity contribution is 0.0996. The molecular weight excluding hydrogens is 264 g/mol. The van der Waals surface area contributed by atoms with Crippen molar-refractivity contribution in [2.45, 2.75) is 13.5 Å². The third kappa shape index (κ3) is 3.19. The third-order valence-corrected chi connectivity index (χ3v) is 3.14. The summed E-state index contributed by atoms with van der Waals surface area (Å²) in [4.78, 5) is 11.3. The predicted octanol–water partition coefficient (Wildman–Crippen LogP) is 1.65. The molecule has 0 bridgehead atoms. The number of carbonyl (C=O) groups excluding carboxylic acids is 1. The standard InChI is InChI=1S/C12H14N4O2S/c1-2-14-12-9(15-16-19-12)7-18-10-6-4-3-5-8(10)11(13)17/h3-6,14H,2,7H2,1H3,(H2,13,17). The smallest absolute Gasteiger partial charge is 0.252 e. The Hall–Kier alpha value is -2.15. The molecular formula is C12H14N4O2S. The Labute approximate surface area is 114 Å². The molecule has 0 atom stereocenters. The first kappa shape index (κ1) is 13.3. The number of hydrogen-bond acceptors (Lipinski definition) is 6. The maximum atomic E-state index is 11.3. The topological polar surface area (TPSA) is 90.1 Å². The Morgan fingerprint density at radius 1 is 1.47 bits per heavy atom. The minimum Gasteiger partial charge on any atom is -0.486 e. The first-order valence-corrected chi connectivity index (χ1v) is 6.56. The van der Waals surface area contributed by atoms with Gasteiger partial charge in [0.25, 0.3) is 5.91 Å². The van der Waals surface area contributed by atoms with E-state index in [0.29, 0.717) is 17.0 Å². The Bertz CT molecular complexity index is 570. The van der Waals surface area contributed by atoms with Gasteiger partial charge in [0.15, 0.2) is 0 Å². The molecule has 2 rings (SSSR count). The molecule has 0 aliphatic carbocycles. The van der Waals surface area contributed by atoms with Crippen molar-refractivity contribution in [3.05, 3.63) is 35.5 Å². The number of nitrogens with one attached hydrogen (secondary N) is 1. The molecule has 0 saturated carbocycles. The van der Waals surface area contributed by atoms with E-state index in [0.717, 1.165) is 11.5 Å². The number of carbonyl (C=O) groups is 1. The molecule has 6 nitrogen and oxygen atoms in total. The van der Waals surface area contributed by atoms with Gasteiger partial charge in [-0.2, -0.15) is 0 Å². The molecule has 1 amide bonds. The summed E-state index contributed by atoms with van der Waals surface area (Å²) >= 11 is 1.28. The molecule has 0 unspecified atom stereocenters. The first-order chi connectivity index (χ1) is 9.22. The van der Waals surface area contributed by atoms with Gasteiger partial charge in [0, 0.05) is 18.1 Å². The highest BCUT2D eigenvalue weighted by atomic mass is 32.1. The fourth-order valence-electron chi connectivity index (χ4n) is 1.54. The summed E-state index contributed by atoms with van der Waals surface area (Å²) in [6.45, 7) is 3.02. The number of nitrogens with two attached hydrogens (primary N) is 1. The maximum Gasteiger partial charge on any atom is 0.252 e. The van der Waals surface area contributed by atoms with Crippen molar-refractivity contribution in [3.8, 4) is 5.75 Å². The fourth-order valence-corrected chi connectivity index (χ4v) is 2.18. The van der Waals surface area contributed by atoms with Crippen LogP contribution in [-0.2, 0) is 6.61 Å². The van der Waals surface area contributed by atoms with Crippen LogP contribution in [0.4, 0.5) is 5.00 Å². The van der Waals surface area contributed by atoms with Gasteiger partial charge in [-0.3, -0.25) is 4.79 Å². The molecule has 0 fully saturated rings. The monoisotopic (exact) mass is 278 g/mol. The lowest BCUT2D eigenvalue weighted by Crippen LogP contribution is -2.13. The van der Waals surface area contributed by atoms with E-state index in [1.807, 2.05) is 6.92 Å². The molecule has 2 aromatic rings. The first-order valence-electron chi connectivity index (χ1n) is 5.79. The van der Waals surface area contributed by atoms with E-state index in [1.165, 1.54) is 11.5 Å². The number of ether oxygens (including phenoxy) is 1. The summed E-state index contributed by atoms with van der Waals surface area (Å²) in [5, 5.41) is 8.02. The Morgan fingerprint density at radius 3 is 3.00 bits per heavy atom. The molecule has 0 saturated heterocycles. The normalized spacial score (nSPS) is 10.2. The zero-order chi connectivity index (χ0) is 13.7. The number of aromatic nitrogens is 2. The average molecular weight is 278 g/mol. The van der Waals surface area contributed by atoms with E-state index < -0.39 is 5.91 Å². The predicted molar refractivity (Wildman–Crippen MR) is 73.4 cm³/mol. The minimum absolute atomic E-state index is 0.239. The summed E-state index contributed by atoms with van der Waals surface area (Å²) in [5.41, 5.74) is 6.36. The second-order valence-electron chi connectivity index (χ2n) is 3.73. The van der Waals surface area contributed by atoms with Crippen molar-refractivity contribution < 1.29 is 9.53 Å². The van der Waals surface area contributed by atoms with Crippen molar-refractivity contribution >= 4 is 22.4 Å². The van der Waals surface area contributed by atoms with Gasteiger partial charge in [-0.05, 0) is 19.1 Å². The highest BCUT2D eigenvalue weighted by Gasteiger charge is 2.11. The van der Waals surface area contributed by atoms with Gasteiger partial charge >= 0.3 is 0 Å². The zero-order valence-corrected chi connectivity index (χ0v) is 11.2. The minimum atomic E-state index is -0.515. The van der Waals surface area contributed by atoms with Crippen LogP contribution >= 0.6 is 11.5 Å². The SMILES string of the molecule is CCNc1snnc1COc1ccccc1C(N)=O. The summed E-state index contributed by atoms with van der Waals surface area (Å²) < 4.78 is 9.46. The summed E-state index contributed by atoms with van der Waals surface area (Å²) in [5.74, 6) is -0.0654. The summed E-state index contributed by atoms with van der Waals surface area (Å²) in [6, 6.07) is 6.85. The van der Waals surface area contributed by atoms with Crippen molar-refractivity contribution in [2.24, 2.45) is 5.73 Å². The second kappa shape index (κ2) is 6.14. The van der Waals surface area contributed by atoms with Crippen LogP contribution in [0, 0.1) is 0 Å². The van der Waals surface area contributed by atoms with Gasteiger partial charge < -0.3 is 15.8 Å². The number of primary amides is 1. The van der Waals surface area contributed by atoms with Gasteiger partial charge in [0.2, 0.25) is 0 Å². The van der Waals surface area contributed by atoms with E-state index in [2.05, 4.69) is 14.9 Å². The zero-order valence-electron chi connectivity index (χ0n) is 10.4. The van der Waals surface area contributed by atoms with Crippen molar-refractivity contribution in [3.63, 3.8) is 0 Å². The Morgan fingerprint density at radius 2 is 2.26 bits per heavy atom. The van der Waals surface area contributed by atoms with Crippen LogP contribution in [0.15, 0.2) is 24.3 Å². The fraction of sp³-hybridized carbons (Fsp3) is 0.250. The second-order valence-corrected chi connectivity index (χ2v) is 4.48. The molecule has 1 aromatic heterocycles. The third-order valence-electron chi connectivity index (χ3n) is 2.41. The van der Waals surface area contributed by atoms with Crippen LogP contribution in [0.25, 0.3) is 0 Å². The van der Waals surface area contributed by atoms with Gasteiger partial charge in [-0.25, -0.2) is 0 Å². The molecule has 0 aliphatic rings. The number of rotatable bonds is 6. The molecule has 1 aromatic carbocycles. The molecule has 19 heavy (non-hydrogen) atoms. The van der Waals surface area contributed by atoms with E-state index >= 15 is 0 Å². The quantitative estimate of drug-likeness (QED) is 0.838. The van der Waals surface area contributed by atoms with E-state index in [4.69, 9.17) is 10.5 Å². The molecule has 0 spiro atoms. The number of nitrogens with zero attached hydrogens (tertiary/aromatic N) is 2. The van der Waals surface area contributed by atoms with E-state index in [9.17, 15) is 4.79 Å². The summed E-state index contributed by atoms with van der Waals surface area (Å²) in [6.07, 6.45) is 0. The molecule has 1 heterocycles. The van der Waals surface area contributed by atoms with Gasteiger partial charge in [-0.15, -0.1) is 5.10 Å². The molecule has 0 aliphatic heterocycles. The highest BCUT2D eigenvalue weighted by molar-refractivity contribution is 7.10. The van der Waals surface area contributed by atoms with Crippen LogP contribution in [0.2, 0.25) is 0 Å². The van der Waals surface area contributed by atoms with Crippen LogP contribution in [-0.4, -0.2) is 22.0 Å². The molecule has 7 heteroatoms. The number of hydrogen-bond donors (Lipinski definition) is 2. The molecule has 100 valence electrons. The molecule has 0 radical (unpaired) electrons. The van der Waals surface area contributed by atoms with Crippen LogP contribution in [0.1, 0.15) is 23.0 Å². The Balaban J connectivity index is 2.10. The van der Waals surface area contributed by atoms with Crippen LogP contribution < -0.4 is 15.8 Å². The van der Waals surface area contributed by atoms with E-state index in [-0.39, 0.29) is 6.61 Å². The van der Waals surface area contributed by atoms with Gasteiger partial charge in [-0.1, -0.05) is 16.6 Å². The van der Waals surface area contributed by atoms with Gasteiger partial charge in [0.1, 0.15) is 23.1 Å². The number of amides is 1. The number of benzene rings is 1. The van der Waals surface area contributed by atoms with Crippen molar-refractivity contribution in [1.82, 2.24) is 9.59 Å². The van der Waals surface area contributed by atoms with Crippen molar-refractivity contribution in [2.75, 3.05) is 11.9 Å². The molecule has 3 N–H and O–H groups in total. The van der Waals surface area contributed by atoms with Crippen LogP contribution in [0.5, 0.6) is 5.75 Å². The highest BCUT2D eigenvalue weighted by Crippen LogP contribution is 2.22. The van der Waals surface area contributed by atoms with Crippen molar-refractivity contribution in [1.29, 1.82) is 0 Å². The Kier molecular flexibility index (Phi) is 4.30. The lowest BCUT2D eigenvalue weighted by atomic mass is 10.2. The summed E-state index contributed by atoms with van der Waals surface area (Å²) in [7, 11) is 0. The number of anilines is 1. The lowest BCUT2D eigenvalue weighted by Gasteiger charge is -2.08. The van der Waals surface area contributed by atoms with E-state index in [1.54, 1.807) is 24.3 Å². The maximum absolute atomic E-state index is 11.3. The number of para-hydroxylation sites is 1. The van der Waals surface area contributed by atoms with Gasteiger partial charge in [0.05, 0.1) is 5.56 Å². The van der Waals surface area contributed by atoms with Crippen LogP contribution in [0.3, 0.4) is 0 Å².